The van der Waals surface area contributed by atoms with Crippen LogP contribution in [0.1, 0.15) is 18.4 Å². The third-order valence-corrected chi connectivity index (χ3v) is 4.36. The van der Waals surface area contributed by atoms with Crippen molar-refractivity contribution in [1.82, 2.24) is 15.1 Å². The fourth-order valence-corrected chi connectivity index (χ4v) is 2.95. The summed E-state index contributed by atoms with van der Waals surface area (Å²) in [6.45, 7) is 4.33. The van der Waals surface area contributed by atoms with Crippen LogP contribution in [0.15, 0.2) is 42.5 Å². The summed E-state index contributed by atoms with van der Waals surface area (Å²) in [5.41, 5.74) is 1.40. The maximum absolute atomic E-state index is 5.74. The molecule has 3 rings (SSSR count). The molecule has 4 nitrogen and oxygen atoms in total. The minimum absolute atomic E-state index is 0.430. The smallest absolute Gasteiger partial charge is 0.151 e. The Balaban J connectivity index is 1.41. The van der Waals surface area contributed by atoms with E-state index in [-0.39, 0.29) is 0 Å². The van der Waals surface area contributed by atoms with E-state index in [9.17, 15) is 0 Å². The Hall–Kier alpha value is -1.65. The highest BCUT2D eigenvalue weighted by Crippen LogP contribution is 2.19. The zero-order valence-electron chi connectivity index (χ0n) is 12.6. The summed E-state index contributed by atoms with van der Waals surface area (Å²) >= 11 is 5.74. The largest absolute Gasteiger partial charge is 0.368 e. The molecule has 2 aromatic rings. The predicted molar refractivity (Wildman–Crippen MR) is 90.0 cm³/mol. The molecule has 2 heterocycles. The zero-order valence-corrected chi connectivity index (χ0v) is 13.3. The number of hydrogen-bond acceptors (Lipinski definition) is 4. The van der Waals surface area contributed by atoms with Gasteiger partial charge in [0.15, 0.2) is 5.15 Å². The average Bonchev–Trinajstić information content (AvgIpc) is 2.57. The van der Waals surface area contributed by atoms with E-state index >= 15 is 0 Å². The van der Waals surface area contributed by atoms with E-state index in [0.717, 1.165) is 32.0 Å². The number of hydrogen-bond donors (Lipinski definition) is 1. The molecular formula is C17H21ClN4. The second kappa shape index (κ2) is 7.56. The van der Waals surface area contributed by atoms with Crippen molar-refractivity contribution in [3.8, 4) is 0 Å². The molecule has 1 fully saturated rings. The number of rotatable bonds is 5. The molecule has 5 heteroatoms. The van der Waals surface area contributed by atoms with Gasteiger partial charge in [-0.2, -0.15) is 0 Å². The Morgan fingerprint density at radius 2 is 1.82 bits per heavy atom. The van der Waals surface area contributed by atoms with E-state index in [4.69, 9.17) is 11.6 Å². The van der Waals surface area contributed by atoms with Crippen LogP contribution in [-0.2, 0) is 6.54 Å². The number of aromatic nitrogens is 2. The van der Waals surface area contributed by atoms with Gasteiger partial charge in [0.05, 0.1) is 0 Å². The van der Waals surface area contributed by atoms with Gasteiger partial charge in [-0.3, -0.25) is 4.90 Å². The molecule has 1 aromatic carbocycles. The van der Waals surface area contributed by atoms with E-state index in [2.05, 4.69) is 50.7 Å². The van der Waals surface area contributed by atoms with Gasteiger partial charge < -0.3 is 5.32 Å². The van der Waals surface area contributed by atoms with Gasteiger partial charge in [-0.25, -0.2) is 0 Å². The van der Waals surface area contributed by atoms with Gasteiger partial charge in [0.1, 0.15) is 5.82 Å². The molecule has 1 saturated heterocycles. The van der Waals surface area contributed by atoms with Crippen molar-refractivity contribution in [2.24, 2.45) is 5.92 Å². The summed E-state index contributed by atoms with van der Waals surface area (Å²) in [5, 5.41) is 11.7. The third-order valence-electron chi connectivity index (χ3n) is 4.16. The van der Waals surface area contributed by atoms with Crippen molar-refractivity contribution >= 4 is 17.4 Å². The summed E-state index contributed by atoms with van der Waals surface area (Å²) in [6, 6.07) is 14.3. The van der Waals surface area contributed by atoms with Gasteiger partial charge in [0.2, 0.25) is 0 Å². The molecule has 1 aromatic heterocycles. The number of nitrogens with one attached hydrogen (secondary N) is 1. The molecule has 0 spiro atoms. The van der Waals surface area contributed by atoms with E-state index in [0.29, 0.717) is 11.1 Å². The van der Waals surface area contributed by atoms with Gasteiger partial charge in [-0.15, -0.1) is 10.2 Å². The average molecular weight is 317 g/mol. The quantitative estimate of drug-likeness (QED) is 0.917. The lowest BCUT2D eigenvalue weighted by Crippen LogP contribution is -2.35. The van der Waals surface area contributed by atoms with Crippen LogP contribution in [0.2, 0.25) is 5.15 Å². The third kappa shape index (κ3) is 4.42. The van der Waals surface area contributed by atoms with E-state index < -0.39 is 0 Å². The monoisotopic (exact) mass is 316 g/mol. The number of likely N-dealkylation sites (tertiary alicyclic amines) is 1. The van der Waals surface area contributed by atoms with Gasteiger partial charge in [0.25, 0.3) is 0 Å². The lowest BCUT2D eigenvalue weighted by Gasteiger charge is -2.32. The maximum atomic E-state index is 5.74. The first kappa shape index (κ1) is 15.3. The first-order valence-corrected chi connectivity index (χ1v) is 8.17. The zero-order chi connectivity index (χ0) is 15.2. The maximum Gasteiger partial charge on any atom is 0.151 e. The predicted octanol–water partition coefficient (Wildman–Crippen LogP) is 3.45. The van der Waals surface area contributed by atoms with Crippen LogP contribution >= 0.6 is 11.6 Å². The van der Waals surface area contributed by atoms with Crippen LogP contribution in [0.5, 0.6) is 0 Å². The molecule has 0 bridgehead atoms. The van der Waals surface area contributed by atoms with Crippen molar-refractivity contribution in [3.63, 3.8) is 0 Å². The Labute approximate surface area is 136 Å². The Bertz CT molecular complexity index is 565. The molecule has 0 aliphatic carbocycles. The number of benzene rings is 1. The summed E-state index contributed by atoms with van der Waals surface area (Å²) in [4.78, 5) is 2.54. The van der Waals surface area contributed by atoms with Crippen LogP contribution in [0, 0.1) is 5.92 Å². The lowest BCUT2D eigenvalue weighted by molar-refractivity contribution is 0.182. The van der Waals surface area contributed by atoms with Crippen LogP contribution in [0.4, 0.5) is 5.82 Å². The van der Waals surface area contributed by atoms with E-state index in [1.54, 1.807) is 6.07 Å². The normalized spacial score (nSPS) is 16.6. The molecule has 116 valence electrons. The number of piperidine rings is 1. The highest BCUT2D eigenvalue weighted by molar-refractivity contribution is 6.29. The van der Waals surface area contributed by atoms with Crippen molar-refractivity contribution in [1.29, 1.82) is 0 Å². The van der Waals surface area contributed by atoms with Crippen molar-refractivity contribution in [2.45, 2.75) is 19.4 Å². The molecule has 1 aliphatic rings. The van der Waals surface area contributed by atoms with Crippen LogP contribution in [0.3, 0.4) is 0 Å². The SMILES string of the molecule is Clc1ccc(NCC2CCN(Cc3ccccc3)CC2)nn1. The summed E-state index contributed by atoms with van der Waals surface area (Å²) in [6.07, 6.45) is 2.45. The molecule has 0 saturated carbocycles. The molecule has 0 radical (unpaired) electrons. The summed E-state index contributed by atoms with van der Waals surface area (Å²) in [7, 11) is 0. The van der Waals surface area contributed by atoms with Crippen molar-refractivity contribution < 1.29 is 0 Å². The number of halogens is 1. The highest BCUT2D eigenvalue weighted by atomic mass is 35.5. The Morgan fingerprint density at radius 3 is 2.50 bits per heavy atom. The topological polar surface area (TPSA) is 41.0 Å². The molecule has 22 heavy (non-hydrogen) atoms. The molecule has 1 aliphatic heterocycles. The first-order valence-electron chi connectivity index (χ1n) is 7.79. The summed E-state index contributed by atoms with van der Waals surface area (Å²) in [5.74, 6) is 1.50. The number of nitrogens with zero attached hydrogens (tertiary/aromatic N) is 3. The fraction of sp³-hybridized carbons (Fsp3) is 0.412. The minimum atomic E-state index is 0.430. The van der Waals surface area contributed by atoms with Crippen LogP contribution in [-0.4, -0.2) is 34.7 Å². The van der Waals surface area contributed by atoms with Crippen molar-refractivity contribution in [3.05, 3.63) is 53.2 Å². The van der Waals surface area contributed by atoms with Gasteiger partial charge in [0, 0.05) is 13.1 Å². The molecule has 0 amide bonds. The standard InChI is InChI=1S/C17H21ClN4/c18-16-6-7-17(21-20-16)19-12-14-8-10-22(11-9-14)13-15-4-2-1-3-5-15/h1-7,14H,8-13H2,(H,19,21). The molecular weight excluding hydrogens is 296 g/mol. The Morgan fingerprint density at radius 1 is 1.05 bits per heavy atom. The lowest BCUT2D eigenvalue weighted by atomic mass is 9.96. The second-order valence-electron chi connectivity index (χ2n) is 5.83. The van der Waals surface area contributed by atoms with E-state index in [1.165, 1.54) is 18.4 Å². The second-order valence-corrected chi connectivity index (χ2v) is 6.21. The first-order chi connectivity index (χ1) is 10.8. The molecule has 0 unspecified atom stereocenters. The van der Waals surface area contributed by atoms with Gasteiger partial charge in [-0.1, -0.05) is 41.9 Å². The minimum Gasteiger partial charge on any atom is -0.368 e. The fourth-order valence-electron chi connectivity index (χ4n) is 2.85. The highest BCUT2D eigenvalue weighted by Gasteiger charge is 2.19. The Kier molecular flexibility index (Phi) is 5.24. The summed E-state index contributed by atoms with van der Waals surface area (Å²) < 4.78 is 0. The van der Waals surface area contributed by atoms with Gasteiger partial charge >= 0.3 is 0 Å². The molecule has 1 N–H and O–H groups in total. The number of anilines is 1. The van der Waals surface area contributed by atoms with Crippen LogP contribution < -0.4 is 5.32 Å². The molecule has 0 atom stereocenters. The van der Waals surface area contributed by atoms with Crippen LogP contribution in [0.25, 0.3) is 0 Å². The van der Waals surface area contributed by atoms with Crippen molar-refractivity contribution in [2.75, 3.05) is 25.0 Å². The van der Waals surface area contributed by atoms with E-state index in [1.807, 2.05) is 6.07 Å². The van der Waals surface area contributed by atoms with Gasteiger partial charge in [-0.05, 0) is 49.5 Å².